The number of hydrogen-bond acceptors (Lipinski definition) is 8. The zero-order chi connectivity index (χ0) is 21.2. The van der Waals surface area contributed by atoms with Crippen molar-refractivity contribution in [1.29, 1.82) is 0 Å². The quantitative estimate of drug-likeness (QED) is 0.289. The molecule has 10 heteroatoms. The maximum absolute atomic E-state index is 11.7. The van der Waals surface area contributed by atoms with Crippen molar-refractivity contribution in [1.82, 2.24) is 10.9 Å². The first-order valence-corrected chi connectivity index (χ1v) is 8.53. The first kappa shape index (κ1) is 21.2. The molecule has 2 rings (SSSR count). The summed E-state index contributed by atoms with van der Waals surface area (Å²) in [4.78, 5) is 23.4. The lowest BCUT2D eigenvalue weighted by molar-refractivity contribution is -0.122. The molecule has 0 heterocycles. The number of carbonyl (C=O) groups excluding carboxylic acids is 2. The Labute approximate surface area is 165 Å². The predicted molar refractivity (Wildman–Crippen MR) is 105 cm³/mol. The van der Waals surface area contributed by atoms with E-state index >= 15 is 0 Å². The number of aromatic hydroxyl groups is 4. The van der Waals surface area contributed by atoms with Crippen molar-refractivity contribution in [2.45, 2.75) is 19.3 Å². The predicted octanol–water partition coefficient (Wildman–Crippen LogP) is 1.28. The summed E-state index contributed by atoms with van der Waals surface area (Å²) in [6.45, 7) is 0. The van der Waals surface area contributed by atoms with Gasteiger partial charge in [-0.3, -0.25) is 9.59 Å². The van der Waals surface area contributed by atoms with Crippen molar-refractivity contribution < 1.29 is 30.0 Å². The fourth-order valence-electron chi connectivity index (χ4n) is 2.15. The highest BCUT2D eigenvalue weighted by atomic mass is 16.3. The van der Waals surface area contributed by atoms with Crippen LogP contribution in [0.1, 0.15) is 30.4 Å². The Balaban J connectivity index is 1.68. The summed E-state index contributed by atoms with van der Waals surface area (Å²) >= 11 is 0. The number of phenolic OH excluding ortho intramolecular Hbond substituents is 4. The van der Waals surface area contributed by atoms with Gasteiger partial charge in [0.2, 0.25) is 11.8 Å². The minimum atomic E-state index is -0.412. The number of rotatable bonds is 8. The number of carbonyl (C=O) groups is 2. The summed E-state index contributed by atoms with van der Waals surface area (Å²) in [7, 11) is 0. The minimum Gasteiger partial charge on any atom is -0.508 e. The first-order chi connectivity index (χ1) is 13.8. The lowest BCUT2D eigenvalue weighted by atomic mass is 10.2. The molecule has 0 aliphatic carbocycles. The van der Waals surface area contributed by atoms with Crippen LogP contribution < -0.4 is 10.9 Å². The van der Waals surface area contributed by atoms with Crippen molar-refractivity contribution in [3.05, 3.63) is 47.5 Å². The molecular formula is C19H20N4O6. The molecule has 29 heavy (non-hydrogen) atoms. The van der Waals surface area contributed by atoms with E-state index < -0.39 is 11.8 Å². The molecular weight excluding hydrogens is 380 g/mol. The lowest BCUT2D eigenvalue weighted by Gasteiger charge is -2.02. The van der Waals surface area contributed by atoms with Crippen molar-refractivity contribution >= 4 is 24.2 Å². The third-order valence-electron chi connectivity index (χ3n) is 3.62. The normalized spacial score (nSPS) is 11.0. The zero-order valence-corrected chi connectivity index (χ0v) is 15.2. The monoisotopic (exact) mass is 400 g/mol. The Morgan fingerprint density at radius 1 is 0.759 bits per heavy atom. The van der Waals surface area contributed by atoms with Gasteiger partial charge in [0, 0.05) is 36.1 Å². The third kappa shape index (κ3) is 7.21. The average molecular weight is 400 g/mol. The molecule has 0 fully saturated rings. The summed E-state index contributed by atoms with van der Waals surface area (Å²) in [5, 5.41) is 44.9. The fourth-order valence-corrected chi connectivity index (χ4v) is 2.15. The second-order valence-corrected chi connectivity index (χ2v) is 5.93. The molecule has 10 nitrogen and oxygen atoms in total. The van der Waals surface area contributed by atoms with Gasteiger partial charge in [-0.05, 0) is 30.7 Å². The summed E-state index contributed by atoms with van der Waals surface area (Å²) in [6, 6.07) is 7.90. The molecule has 0 aliphatic rings. The van der Waals surface area contributed by atoms with Gasteiger partial charge in [-0.25, -0.2) is 10.9 Å². The molecule has 6 N–H and O–H groups in total. The van der Waals surface area contributed by atoms with Crippen molar-refractivity contribution in [3.8, 4) is 23.0 Å². The molecule has 2 aromatic rings. The molecule has 0 unspecified atom stereocenters. The van der Waals surface area contributed by atoms with Crippen molar-refractivity contribution in [2.75, 3.05) is 0 Å². The van der Waals surface area contributed by atoms with Gasteiger partial charge in [0.15, 0.2) is 0 Å². The van der Waals surface area contributed by atoms with Gasteiger partial charge >= 0.3 is 0 Å². The number of hydrogen-bond donors (Lipinski definition) is 6. The molecule has 0 radical (unpaired) electrons. The van der Waals surface area contributed by atoms with Gasteiger partial charge in [0.25, 0.3) is 0 Å². The molecule has 0 saturated carbocycles. The molecule has 0 saturated heterocycles. The topological polar surface area (TPSA) is 164 Å². The SMILES string of the molecule is O=C(CCCC(=O)N/N=C\c1ccc(O)cc1O)N/N=C\c1ccc(O)cc1O. The van der Waals surface area contributed by atoms with E-state index in [2.05, 4.69) is 21.1 Å². The van der Waals surface area contributed by atoms with Crippen LogP contribution in [0.15, 0.2) is 46.6 Å². The highest BCUT2D eigenvalue weighted by Crippen LogP contribution is 2.21. The third-order valence-corrected chi connectivity index (χ3v) is 3.62. The maximum atomic E-state index is 11.7. The number of amides is 2. The average Bonchev–Trinajstić information content (AvgIpc) is 2.65. The molecule has 2 amide bonds. The Morgan fingerprint density at radius 2 is 1.17 bits per heavy atom. The molecule has 0 spiro atoms. The molecule has 152 valence electrons. The van der Waals surface area contributed by atoms with Gasteiger partial charge in [0.05, 0.1) is 12.4 Å². The Hall–Kier alpha value is -4.08. The van der Waals surface area contributed by atoms with E-state index in [0.29, 0.717) is 11.1 Å². The summed E-state index contributed by atoms with van der Waals surface area (Å²) < 4.78 is 0. The van der Waals surface area contributed by atoms with Gasteiger partial charge in [-0.1, -0.05) is 0 Å². The smallest absolute Gasteiger partial charge is 0.240 e. The van der Waals surface area contributed by atoms with Gasteiger partial charge in [-0.15, -0.1) is 0 Å². The van der Waals surface area contributed by atoms with Gasteiger partial charge in [-0.2, -0.15) is 10.2 Å². The number of benzene rings is 2. The standard InChI is InChI=1S/C19H20N4O6/c24-14-6-4-12(16(26)8-14)10-20-22-18(28)2-1-3-19(29)23-21-11-13-5-7-15(25)9-17(13)27/h4-11,24-27H,1-3H2,(H,22,28)(H,23,29)/b20-10-,21-11-. The van der Waals surface area contributed by atoms with E-state index in [-0.39, 0.29) is 42.3 Å². The Bertz CT molecular complexity index is 867. The van der Waals surface area contributed by atoms with Crippen LogP contribution in [-0.4, -0.2) is 44.7 Å². The molecule has 2 aromatic carbocycles. The summed E-state index contributed by atoms with van der Waals surface area (Å²) in [5.41, 5.74) is 5.18. The minimum absolute atomic E-state index is 0.0504. The van der Waals surface area contributed by atoms with Crippen LogP contribution in [0.5, 0.6) is 23.0 Å². The van der Waals surface area contributed by atoms with Crippen LogP contribution in [0.25, 0.3) is 0 Å². The second kappa shape index (κ2) is 10.3. The molecule has 0 aromatic heterocycles. The van der Waals surface area contributed by atoms with E-state index in [1.807, 2.05) is 0 Å². The largest absolute Gasteiger partial charge is 0.508 e. The van der Waals surface area contributed by atoms with E-state index in [1.54, 1.807) is 0 Å². The molecule has 0 atom stereocenters. The van der Waals surface area contributed by atoms with Crippen molar-refractivity contribution in [2.24, 2.45) is 10.2 Å². The Kier molecular flexibility index (Phi) is 7.54. The summed E-state index contributed by atoms with van der Waals surface area (Å²) in [5.74, 6) is -1.37. The number of hydrazone groups is 2. The van der Waals surface area contributed by atoms with E-state index in [1.165, 1.54) is 36.7 Å². The number of nitrogens with zero attached hydrogens (tertiary/aromatic N) is 2. The van der Waals surface area contributed by atoms with Gasteiger partial charge < -0.3 is 20.4 Å². The fraction of sp³-hybridized carbons (Fsp3) is 0.158. The highest BCUT2D eigenvalue weighted by molar-refractivity contribution is 5.86. The van der Waals surface area contributed by atoms with Crippen molar-refractivity contribution in [3.63, 3.8) is 0 Å². The number of nitrogens with one attached hydrogen (secondary N) is 2. The van der Waals surface area contributed by atoms with Crippen LogP contribution in [0.3, 0.4) is 0 Å². The lowest BCUT2D eigenvalue weighted by Crippen LogP contribution is -2.20. The van der Waals surface area contributed by atoms with E-state index in [4.69, 9.17) is 0 Å². The molecule has 0 bridgehead atoms. The van der Waals surface area contributed by atoms with Crippen LogP contribution in [-0.2, 0) is 9.59 Å². The van der Waals surface area contributed by atoms with Gasteiger partial charge in [0.1, 0.15) is 23.0 Å². The first-order valence-electron chi connectivity index (χ1n) is 8.53. The highest BCUT2D eigenvalue weighted by Gasteiger charge is 2.05. The Morgan fingerprint density at radius 3 is 1.55 bits per heavy atom. The molecule has 0 aliphatic heterocycles. The summed E-state index contributed by atoms with van der Waals surface area (Å²) in [6.07, 6.45) is 2.82. The maximum Gasteiger partial charge on any atom is 0.240 e. The zero-order valence-electron chi connectivity index (χ0n) is 15.2. The second-order valence-electron chi connectivity index (χ2n) is 5.93. The van der Waals surface area contributed by atoms with E-state index in [9.17, 15) is 30.0 Å². The number of phenols is 4. The van der Waals surface area contributed by atoms with Crippen LogP contribution in [0, 0.1) is 0 Å². The van der Waals surface area contributed by atoms with Crippen LogP contribution >= 0.6 is 0 Å². The van der Waals surface area contributed by atoms with Crippen LogP contribution in [0.4, 0.5) is 0 Å². The van der Waals surface area contributed by atoms with E-state index in [0.717, 1.165) is 12.1 Å². The van der Waals surface area contributed by atoms with Crippen LogP contribution in [0.2, 0.25) is 0 Å².